The molecule has 1 aromatic heterocycles. The Morgan fingerprint density at radius 1 is 1.17 bits per heavy atom. The first-order valence-corrected chi connectivity index (χ1v) is 8.30. The maximum atomic E-state index is 11.4. The van der Waals surface area contributed by atoms with Gasteiger partial charge in [0.2, 0.25) is 0 Å². The second-order valence-electron chi connectivity index (χ2n) is 5.49. The Morgan fingerprint density at radius 3 is 2.71 bits per heavy atom. The van der Waals surface area contributed by atoms with E-state index in [-0.39, 0.29) is 10.6 Å². The van der Waals surface area contributed by atoms with Gasteiger partial charge >= 0.3 is 0 Å². The summed E-state index contributed by atoms with van der Waals surface area (Å²) < 4.78 is 2.60. The molecule has 1 aliphatic rings. The van der Waals surface area contributed by atoms with Gasteiger partial charge in [-0.2, -0.15) is 5.10 Å². The third-order valence-electron chi connectivity index (χ3n) is 4.09. The standard InChI is InChI=1S/C17H13BrN4O2/c18-13-6-2-1-5-11(13)16-12-9-10-19-17(12)21(20-16)14-7-3-4-8-15(14)22(23)24/h1-8,19H,9-10H2. The summed E-state index contributed by atoms with van der Waals surface area (Å²) in [4.78, 5) is 11.0. The topological polar surface area (TPSA) is 73.0 Å². The molecule has 1 N–H and O–H groups in total. The van der Waals surface area contributed by atoms with Crippen LogP contribution in [0.3, 0.4) is 0 Å². The van der Waals surface area contributed by atoms with Gasteiger partial charge in [-0.3, -0.25) is 10.1 Å². The summed E-state index contributed by atoms with van der Waals surface area (Å²) in [7, 11) is 0. The van der Waals surface area contributed by atoms with Gasteiger partial charge in [0.25, 0.3) is 5.69 Å². The molecule has 2 aromatic carbocycles. The molecule has 4 rings (SSSR count). The second-order valence-corrected chi connectivity index (χ2v) is 6.34. The number of benzene rings is 2. The summed E-state index contributed by atoms with van der Waals surface area (Å²) in [5, 5.41) is 19.4. The van der Waals surface area contributed by atoms with E-state index < -0.39 is 0 Å². The van der Waals surface area contributed by atoms with E-state index in [2.05, 4.69) is 21.2 Å². The molecule has 2 heterocycles. The molecule has 6 nitrogen and oxygen atoms in total. The Hall–Kier alpha value is -2.67. The maximum Gasteiger partial charge on any atom is 0.294 e. The fourth-order valence-corrected chi connectivity index (χ4v) is 3.49. The highest BCUT2D eigenvalue weighted by atomic mass is 79.9. The predicted octanol–water partition coefficient (Wildman–Crippen LogP) is 4.18. The number of fused-ring (bicyclic) bond motifs is 1. The minimum absolute atomic E-state index is 0.0372. The second kappa shape index (κ2) is 5.76. The molecule has 7 heteroatoms. The van der Waals surface area contributed by atoms with Gasteiger partial charge < -0.3 is 5.32 Å². The molecule has 120 valence electrons. The highest BCUT2D eigenvalue weighted by Crippen LogP contribution is 2.38. The normalized spacial score (nSPS) is 12.7. The average Bonchev–Trinajstić information content (AvgIpc) is 3.18. The summed E-state index contributed by atoms with van der Waals surface area (Å²) in [6.07, 6.45) is 0.840. The van der Waals surface area contributed by atoms with Crippen molar-refractivity contribution >= 4 is 27.4 Å². The third kappa shape index (κ3) is 2.28. The van der Waals surface area contributed by atoms with Crippen molar-refractivity contribution in [1.29, 1.82) is 0 Å². The number of nitrogens with zero attached hydrogens (tertiary/aromatic N) is 3. The van der Waals surface area contributed by atoms with Gasteiger partial charge in [0.1, 0.15) is 11.5 Å². The number of rotatable bonds is 3. The lowest BCUT2D eigenvalue weighted by Crippen LogP contribution is -2.06. The molecule has 24 heavy (non-hydrogen) atoms. The van der Waals surface area contributed by atoms with Crippen molar-refractivity contribution in [3.63, 3.8) is 0 Å². The Bertz CT molecular complexity index is 952. The van der Waals surface area contributed by atoms with Crippen molar-refractivity contribution in [2.24, 2.45) is 0 Å². The minimum Gasteiger partial charge on any atom is -0.369 e. The van der Waals surface area contributed by atoms with Crippen LogP contribution < -0.4 is 5.32 Å². The largest absolute Gasteiger partial charge is 0.369 e. The van der Waals surface area contributed by atoms with E-state index in [0.717, 1.165) is 40.1 Å². The number of nitrogens with one attached hydrogen (secondary N) is 1. The number of para-hydroxylation sites is 2. The number of anilines is 1. The van der Waals surface area contributed by atoms with Crippen molar-refractivity contribution < 1.29 is 4.92 Å². The molecule has 0 radical (unpaired) electrons. The molecule has 0 atom stereocenters. The van der Waals surface area contributed by atoms with E-state index >= 15 is 0 Å². The highest BCUT2D eigenvalue weighted by Gasteiger charge is 2.27. The van der Waals surface area contributed by atoms with Crippen molar-refractivity contribution in [3.8, 4) is 16.9 Å². The first kappa shape index (κ1) is 14.9. The fourth-order valence-electron chi connectivity index (χ4n) is 3.02. The number of hydrogen-bond donors (Lipinski definition) is 1. The number of nitro groups is 1. The lowest BCUT2D eigenvalue weighted by atomic mass is 10.1. The van der Waals surface area contributed by atoms with Crippen LogP contribution in [0.25, 0.3) is 16.9 Å². The zero-order valence-electron chi connectivity index (χ0n) is 12.6. The van der Waals surface area contributed by atoms with E-state index in [4.69, 9.17) is 5.10 Å². The first-order chi connectivity index (χ1) is 11.7. The average molecular weight is 385 g/mol. The van der Waals surface area contributed by atoms with E-state index in [9.17, 15) is 10.1 Å². The smallest absolute Gasteiger partial charge is 0.294 e. The molecule has 0 unspecified atom stereocenters. The van der Waals surface area contributed by atoms with E-state index in [1.807, 2.05) is 24.3 Å². The van der Waals surface area contributed by atoms with Crippen LogP contribution in [0, 0.1) is 10.1 Å². The Morgan fingerprint density at radius 2 is 1.92 bits per heavy atom. The van der Waals surface area contributed by atoms with Crippen LogP contribution in [0.2, 0.25) is 0 Å². The quantitative estimate of drug-likeness (QED) is 0.542. The SMILES string of the molecule is O=[N+]([O-])c1ccccc1-n1nc(-c2ccccc2Br)c2c1NCC2. The van der Waals surface area contributed by atoms with Gasteiger partial charge in [-0.25, -0.2) is 4.68 Å². The van der Waals surface area contributed by atoms with Gasteiger partial charge in [-0.05, 0) is 18.6 Å². The molecule has 1 aliphatic heterocycles. The molecule has 3 aromatic rings. The van der Waals surface area contributed by atoms with Crippen LogP contribution in [0.1, 0.15) is 5.56 Å². The molecule has 0 saturated heterocycles. The van der Waals surface area contributed by atoms with Crippen molar-refractivity contribution in [2.75, 3.05) is 11.9 Å². The van der Waals surface area contributed by atoms with Crippen molar-refractivity contribution in [3.05, 3.63) is 68.7 Å². The molecule has 0 bridgehead atoms. The number of aromatic nitrogens is 2. The van der Waals surface area contributed by atoms with Gasteiger partial charge in [-0.15, -0.1) is 0 Å². The minimum atomic E-state index is -0.379. The van der Waals surface area contributed by atoms with E-state index in [0.29, 0.717) is 5.69 Å². The molecule has 0 amide bonds. The van der Waals surface area contributed by atoms with Gasteiger partial charge in [0.15, 0.2) is 0 Å². The van der Waals surface area contributed by atoms with Crippen LogP contribution in [0.15, 0.2) is 53.0 Å². The monoisotopic (exact) mass is 384 g/mol. The zero-order chi connectivity index (χ0) is 16.7. The fraction of sp³-hybridized carbons (Fsp3) is 0.118. The lowest BCUT2D eigenvalue weighted by Gasteiger charge is -2.07. The van der Waals surface area contributed by atoms with Crippen LogP contribution in [-0.4, -0.2) is 21.2 Å². The molecule has 0 spiro atoms. The molecular weight excluding hydrogens is 372 g/mol. The molecule has 0 fully saturated rings. The van der Waals surface area contributed by atoms with Gasteiger partial charge in [0, 0.05) is 28.2 Å². The number of hydrogen-bond acceptors (Lipinski definition) is 4. The lowest BCUT2D eigenvalue weighted by molar-refractivity contribution is -0.384. The van der Waals surface area contributed by atoms with E-state index in [1.165, 1.54) is 6.07 Å². The summed E-state index contributed by atoms with van der Waals surface area (Å²) in [6, 6.07) is 14.5. The van der Waals surface area contributed by atoms with Crippen molar-refractivity contribution in [1.82, 2.24) is 9.78 Å². The number of halogens is 1. The summed E-state index contributed by atoms with van der Waals surface area (Å²) in [5.41, 5.74) is 3.41. The predicted molar refractivity (Wildman–Crippen MR) is 95.5 cm³/mol. The van der Waals surface area contributed by atoms with Gasteiger partial charge in [-0.1, -0.05) is 46.3 Å². The Kier molecular flexibility index (Phi) is 3.57. The van der Waals surface area contributed by atoms with Crippen LogP contribution in [0.4, 0.5) is 11.5 Å². The third-order valence-corrected chi connectivity index (χ3v) is 4.78. The Labute approximate surface area is 146 Å². The molecule has 0 saturated carbocycles. The van der Waals surface area contributed by atoms with Crippen molar-refractivity contribution in [2.45, 2.75) is 6.42 Å². The Balaban J connectivity index is 1.96. The first-order valence-electron chi connectivity index (χ1n) is 7.51. The molecular formula is C17H13BrN4O2. The van der Waals surface area contributed by atoms with Gasteiger partial charge in [0.05, 0.1) is 10.6 Å². The summed E-state index contributed by atoms with van der Waals surface area (Å²) >= 11 is 3.57. The zero-order valence-corrected chi connectivity index (χ0v) is 14.2. The highest BCUT2D eigenvalue weighted by molar-refractivity contribution is 9.10. The van der Waals surface area contributed by atoms with Crippen LogP contribution >= 0.6 is 15.9 Å². The molecule has 0 aliphatic carbocycles. The summed E-state index contributed by atoms with van der Waals surface area (Å²) in [5.74, 6) is 0.829. The van der Waals surface area contributed by atoms with Crippen LogP contribution in [0.5, 0.6) is 0 Å². The van der Waals surface area contributed by atoms with E-state index in [1.54, 1.807) is 22.9 Å². The number of nitro benzene ring substituents is 1. The summed E-state index contributed by atoms with van der Waals surface area (Å²) in [6.45, 7) is 0.797. The maximum absolute atomic E-state index is 11.4. The van der Waals surface area contributed by atoms with Crippen LogP contribution in [-0.2, 0) is 6.42 Å².